The van der Waals surface area contributed by atoms with E-state index in [-0.39, 0.29) is 17.3 Å². The highest BCUT2D eigenvalue weighted by molar-refractivity contribution is 5.99. The minimum atomic E-state index is -0.504. The minimum Gasteiger partial charge on any atom is -0.398 e. The summed E-state index contributed by atoms with van der Waals surface area (Å²) in [7, 11) is 0. The normalized spacial score (nSPS) is 12.3. The van der Waals surface area contributed by atoms with Crippen LogP contribution in [0.4, 0.5) is 10.1 Å². The summed E-state index contributed by atoms with van der Waals surface area (Å²) >= 11 is 0. The fraction of sp³-hybridized carbons (Fsp3) is 0.125. The molecule has 1 unspecified atom stereocenters. The van der Waals surface area contributed by atoms with E-state index < -0.39 is 11.7 Å². The quantitative estimate of drug-likeness (QED) is 0.650. The van der Waals surface area contributed by atoms with Gasteiger partial charge in [-0.05, 0) is 37.3 Å². The summed E-state index contributed by atoms with van der Waals surface area (Å²) in [6.45, 7) is 1.80. The first-order chi connectivity index (χ1) is 10.5. The van der Waals surface area contributed by atoms with Crippen LogP contribution in [0.3, 0.4) is 0 Å². The highest BCUT2D eigenvalue weighted by Crippen LogP contribution is 2.18. The van der Waals surface area contributed by atoms with E-state index in [1.54, 1.807) is 6.92 Å². The third-order valence-corrected chi connectivity index (χ3v) is 3.43. The van der Waals surface area contributed by atoms with E-state index in [4.69, 9.17) is 5.73 Å². The smallest absolute Gasteiger partial charge is 0.254 e. The molecule has 1 atom stereocenters. The van der Waals surface area contributed by atoms with E-state index in [0.717, 1.165) is 17.1 Å². The van der Waals surface area contributed by atoms with Crippen LogP contribution < -0.4 is 11.1 Å². The Morgan fingerprint density at radius 1 is 1.32 bits per heavy atom. The number of benzene rings is 2. The van der Waals surface area contributed by atoms with Crippen molar-refractivity contribution in [3.05, 3.63) is 59.7 Å². The second-order valence-corrected chi connectivity index (χ2v) is 5.07. The van der Waals surface area contributed by atoms with Gasteiger partial charge in [-0.15, -0.1) is 0 Å². The number of hydrogen-bond donors (Lipinski definition) is 3. The van der Waals surface area contributed by atoms with E-state index in [0.29, 0.717) is 5.82 Å². The van der Waals surface area contributed by atoms with Gasteiger partial charge in [0.25, 0.3) is 5.91 Å². The largest absolute Gasteiger partial charge is 0.398 e. The standard InChI is InChI=1S/C16H15FN4O/c1-9(15-20-13-4-2-3-5-14(13)21-15)19-16(22)11-8-10(17)6-7-12(11)18/h2-9H,18H2,1H3,(H,19,22)(H,20,21). The molecule has 112 valence electrons. The van der Waals surface area contributed by atoms with Crippen LogP contribution in [0.15, 0.2) is 42.5 Å². The molecule has 6 heteroatoms. The van der Waals surface area contributed by atoms with E-state index in [9.17, 15) is 9.18 Å². The lowest BCUT2D eigenvalue weighted by Gasteiger charge is -2.12. The first-order valence-electron chi connectivity index (χ1n) is 6.85. The van der Waals surface area contributed by atoms with Crippen molar-refractivity contribution in [2.75, 3.05) is 5.73 Å². The number of amides is 1. The summed E-state index contributed by atoms with van der Waals surface area (Å²) in [4.78, 5) is 19.8. The summed E-state index contributed by atoms with van der Waals surface area (Å²) in [5.41, 5.74) is 7.78. The average molecular weight is 298 g/mol. The lowest BCUT2D eigenvalue weighted by molar-refractivity contribution is 0.0939. The lowest BCUT2D eigenvalue weighted by Crippen LogP contribution is -2.28. The minimum absolute atomic E-state index is 0.114. The zero-order chi connectivity index (χ0) is 15.7. The number of H-pyrrole nitrogens is 1. The molecule has 0 saturated heterocycles. The number of aromatic nitrogens is 2. The average Bonchev–Trinajstić information content (AvgIpc) is 2.93. The number of nitrogen functional groups attached to an aromatic ring is 1. The van der Waals surface area contributed by atoms with Gasteiger partial charge in [0.05, 0.1) is 22.6 Å². The van der Waals surface area contributed by atoms with Crippen LogP contribution in [-0.2, 0) is 0 Å². The van der Waals surface area contributed by atoms with E-state index in [2.05, 4.69) is 15.3 Å². The highest BCUT2D eigenvalue weighted by atomic mass is 19.1. The predicted octanol–water partition coefficient (Wildman–Crippen LogP) is 2.78. The van der Waals surface area contributed by atoms with Gasteiger partial charge < -0.3 is 16.0 Å². The molecule has 3 aromatic rings. The Kier molecular flexibility index (Phi) is 3.50. The topological polar surface area (TPSA) is 83.8 Å². The van der Waals surface area contributed by atoms with Crippen LogP contribution in [0.2, 0.25) is 0 Å². The molecule has 22 heavy (non-hydrogen) atoms. The van der Waals surface area contributed by atoms with Gasteiger partial charge in [0.1, 0.15) is 11.6 Å². The summed E-state index contributed by atoms with van der Waals surface area (Å²) in [6, 6.07) is 10.9. The molecule has 1 heterocycles. The van der Waals surface area contributed by atoms with Gasteiger partial charge in [0, 0.05) is 5.69 Å². The molecule has 4 N–H and O–H groups in total. The third-order valence-electron chi connectivity index (χ3n) is 3.43. The highest BCUT2D eigenvalue weighted by Gasteiger charge is 2.17. The molecule has 3 rings (SSSR count). The summed E-state index contributed by atoms with van der Waals surface area (Å²) in [6.07, 6.45) is 0. The van der Waals surface area contributed by atoms with Gasteiger partial charge in [0.15, 0.2) is 0 Å². The number of rotatable bonds is 3. The molecule has 0 saturated carbocycles. The number of carbonyl (C=O) groups is 1. The van der Waals surface area contributed by atoms with Crippen molar-refractivity contribution >= 4 is 22.6 Å². The van der Waals surface area contributed by atoms with E-state index in [1.807, 2.05) is 24.3 Å². The Balaban J connectivity index is 1.82. The van der Waals surface area contributed by atoms with Crippen molar-refractivity contribution in [3.8, 4) is 0 Å². The number of fused-ring (bicyclic) bond motifs is 1. The summed E-state index contributed by atoms with van der Waals surface area (Å²) < 4.78 is 13.3. The second-order valence-electron chi connectivity index (χ2n) is 5.07. The Bertz CT molecular complexity index is 810. The molecule has 0 bridgehead atoms. The molecule has 5 nitrogen and oxygen atoms in total. The number of halogens is 1. The van der Waals surface area contributed by atoms with Crippen LogP contribution in [0, 0.1) is 5.82 Å². The van der Waals surface area contributed by atoms with Crippen LogP contribution >= 0.6 is 0 Å². The van der Waals surface area contributed by atoms with Gasteiger partial charge in [-0.25, -0.2) is 9.37 Å². The molecule has 0 aliphatic heterocycles. The fourth-order valence-electron chi connectivity index (χ4n) is 2.25. The Hall–Kier alpha value is -2.89. The van der Waals surface area contributed by atoms with Gasteiger partial charge in [-0.1, -0.05) is 12.1 Å². The molecule has 0 fully saturated rings. The number of para-hydroxylation sites is 2. The van der Waals surface area contributed by atoms with E-state index >= 15 is 0 Å². The zero-order valence-electron chi connectivity index (χ0n) is 11.9. The number of imidazole rings is 1. The molecule has 0 spiro atoms. The lowest BCUT2D eigenvalue weighted by atomic mass is 10.1. The first kappa shape index (κ1) is 14.1. The van der Waals surface area contributed by atoms with Crippen molar-refractivity contribution in [2.24, 2.45) is 0 Å². The third kappa shape index (κ3) is 2.63. The van der Waals surface area contributed by atoms with Crippen LogP contribution in [0.25, 0.3) is 11.0 Å². The summed E-state index contributed by atoms with van der Waals surface area (Å²) in [5, 5.41) is 2.76. The Morgan fingerprint density at radius 2 is 2.09 bits per heavy atom. The fourth-order valence-corrected chi connectivity index (χ4v) is 2.25. The monoisotopic (exact) mass is 298 g/mol. The van der Waals surface area contributed by atoms with E-state index in [1.165, 1.54) is 12.1 Å². The van der Waals surface area contributed by atoms with Gasteiger partial charge in [-0.3, -0.25) is 4.79 Å². The number of hydrogen-bond acceptors (Lipinski definition) is 3. The Labute approximate surface area is 126 Å². The molecule has 0 aliphatic carbocycles. The SMILES string of the molecule is CC(NC(=O)c1cc(F)ccc1N)c1nc2ccccc2[nH]1. The maximum Gasteiger partial charge on any atom is 0.254 e. The van der Waals surface area contributed by atoms with Crippen LogP contribution in [-0.4, -0.2) is 15.9 Å². The van der Waals surface area contributed by atoms with Gasteiger partial charge in [-0.2, -0.15) is 0 Å². The van der Waals surface area contributed by atoms with Gasteiger partial charge in [0.2, 0.25) is 0 Å². The maximum atomic E-state index is 13.3. The first-order valence-corrected chi connectivity index (χ1v) is 6.85. The van der Waals surface area contributed by atoms with Crippen molar-refractivity contribution in [2.45, 2.75) is 13.0 Å². The van der Waals surface area contributed by atoms with Gasteiger partial charge >= 0.3 is 0 Å². The molecule has 1 amide bonds. The molecule has 0 aliphatic rings. The number of nitrogens with one attached hydrogen (secondary N) is 2. The molecule has 0 radical (unpaired) electrons. The van der Waals surface area contributed by atoms with Crippen molar-refractivity contribution in [3.63, 3.8) is 0 Å². The number of anilines is 1. The number of nitrogens with zero attached hydrogens (tertiary/aromatic N) is 1. The second kappa shape index (κ2) is 5.48. The molecular weight excluding hydrogens is 283 g/mol. The molecule has 1 aromatic heterocycles. The van der Waals surface area contributed by atoms with Crippen molar-refractivity contribution in [1.82, 2.24) is 15.3 Å². The zero-order valence-corrected chi connectivity index (χ0v) is 11.9. The van der Waals surface area contributed by atoms with Crippen molar-refractivity contribution < 1.29 is 9.18 Å². The number of aromatic amines is 1. The predicted molar refractivity (Wildman–Crippen MR) is 82.8 cm³/mol. The summed E-state index contributed by atoms with van der Waals surface area (Å²) in [5.74, 6) is -0.315. The Morgan fingerprint density at radius 3 is 2.86 bits per heavy atom. The maximum absolute atomic E-state index is 13.3. The molecule has 2 aromatic carbocycles. The number of carbonyl (C=O) groups excluding carboxylic acids is 1. The number of nitrogens with two attached hydrogens (primary N) is 1. The van der Waals surface area contributed by atoms with Crippen LogP contribution in [0.5, 0.6) is 0 Å². The van der Waals surface area contributed by atoms with Crippen LogP contribution in [0.1, 0.15) is 29.1 Å². The molecular formula is C16H15FN4O. The van der Waals surface area contributed by atoms with Crippen molar-refractivity contribution in [1.29, 1.82) is 0 Å².